The van der Waals surface area contributed by atoms with Gasteiger partial charge in [0.15, 0.2) is 0 Å². The first-order chi connectivity index (χ1) is 15.4. The highest BCUT2D eigenvalue weighted by Crippen LogP contribution is 2.31. The van der Waals surface area contributed by atoms with Crippen molar-refractivity contribution in [2.75, 3.05) is 16.8 Å². The number of amides is 1. The number of nitrogens with zero attached hydrogens (tertiary/aromatic N) is 2. The summed E-state index contributed by atoms with van der Waals surface area (Å²) in [6, 6.07) is 33.2. The van der Waals surface area contributed by atoms with Gasteiger partial charge in [-0.2, -0.15) is 0 Å². The van der Waals surface area contributed by atoms with Gasteiger partial charge >= 0.3 is 0 Å². The molecule has 0 fully saturated rings. The summed E-state index contributed by atoms with van der Waals surface area (Å²) in [7, 11) is 2.08. The summed E-state index contributed by atoms with van der Waals surface area (Å²) < 4.78 is 0. The van der Waals surface area contributed by atoms with Crippen LogP contribution in [0.4, 0.5) is 22.7 Å². The maximum absolute atomic E-state index is 12.3. The Morgan fingerprint density at radius 2 is 0.844 bits per heavy atom. The number of carbonyl (C=O) groups is 1. The van der Waals surface area contributed by atoms with Gasteiger partial charge in [-0.05, 0) is 73.5 Å². The van der Waals surface area contributed by atoms with Crippen LogP contribution in [0.15, 0.2) is 97.1 Å². The standard InChI is InChI=1S/C29H28N2O/c1-21-5-13-26(14-6-21)30(4)27-17-9-24(10-18-27)25-11-19-29(20-12-25)31(23(3)32)28-15-7-22(2)8-16-28/h5-20H,1-4H3. The Morgan fingerprint density at radius 1 is 0.531 bits per heavy atom. The Labute approximate surface area is 190 Å². The van der Waals surface area contributed by atoms with Crippen molar-refractivity contribution in [1.82, 2.24) is 0 Å². The summed E-state index contributed by atoms with van der Waals surface area (Å²) in [5.74, 6) is -0.00917. The number of hydrogen-bond acceptors (Lipinski definition) is 2. The van der Waals surface area contributed by atoms with Gasteiger partial charge in [0, 0.05) is 36.7 Å². The van der Waals surface area contributed by atoms with Crippen molar-refractivity contribution in [2.24, 2.45) is 0 Å². The van der Waals surface area contributed by atoms with Crippen molar-refractivity contribution in [2.45, 2.75) is 20.8 Å². The minimum atomic E-state index is -0.00917. The normalized spacial score (nSPS) is 10.6. The molecule has 0 bridgehead atoms. The summed E-state index contributed by atoms with van der Waals surface area (Å²) in [6.45, 7) is 5.73. The number of rotatable bonds is 5. The summed E-state index contributed by atoms with van der Waals surface area (Å²) in [5, 5.41) is 0. The van der Waals surface area contributed by atoms with Crippen LogP contribution in [0.1, 0.15) is 18.1 Å². The molecule has 0 saturated heterocycles. The third-order valence-electron chi connectivity index (χ3n) is 5.74. The van der Waals surface area contributed by atoms with Crippen LogP contribution in [0.3, 0.4) is 0 Å². The Bertz CT molecular complexity index is 1190. The monoisotopic (exact) mass is 420 g/mol. The summed E-state index contributed by atoms with van der Waals surface area (Å²) in [5.41, 5.74) is 8.72. The lowest BCUT2D eigenvalue weighted by Crippen LogP contribution is -2.22. The molecule has 3 heteroatoms. The lowest BCUT2D eigenvalue weighted by molar-refractivity contribution is -0.115. The first-order valence-corrected chi connectivity index (χ1v) is 10.8. The third kappa shape index (κ3) is 4.57. The second kappa shape index (κ2) is 9.11. The Kier molecular flexibility index (Phi) is 6.09. The summed E-state index contributed by atoms with van der Waals surface area (Å²) in [6.07, 6.45) is 0. The minimum absolute atomic E-state index is 0.00917. The minimum Gasteiger partial charge on any atom is -0.345 e. The molecule has 0 heterocycles. The lowest BCUT2D eigenvalue weighted by Gasteiger charge is -2.22. The van der Waals surface area contributed by atoms with E-state index < -0.39 is 0 Å². The third-order valence-corrected chi connectivity index (χ3v) is 5.74. The van der Waals surface area contributed by atoms with Gasteiger partial charge in [0.05, 0.1) is 0 Å². The van der Waals surface area contributed by atoms with Crippen LogP contribution in [0.25, 0.3) is 11.1 Å². The maximum Gasteiger partial charge on any atom is 0.228 e. The molecule has 160 valence electrons. The molecule has 0 saturated carbocycles. The SMILES string of the molecule is CC(=O)N(c1ccc(C)cc1)c1ccc(-c2ccc(N(C)c3ccc(C)cc3)cc2)cc1. The highest BCUT2D eigenvalue weighted by Gasteiger charge is 2.14. The molecule has 4 rings (SSSR count). The molecule has 0 unspecified atom stereocenters. The van der Waals surface area contributed by atoms with Gasteiger partial charge in [-0.25, -0.2) is 0 Å². The van der Waals surface area contributed by atoms with Gasteiger partial charge in [-0.15, -0.1) is 0 Å². The first-order valence-electron chi connectivity index (χ1n) is 10.8. The molecule has 0 aromatic heterocycles. The van der Waals surface area contributed by atoms with E-state index in [2.05, 4.69) is 79.5 Å². The van der Waals surface area contributed by atoms with Gasteiger partial charge in [-0.3, -0.25) is 9.69 Å². The van der Waals surface area contributed by atoms with E-state index in [4.69, 9.17) is 0 Å². The van der Waals surface area contributed by atoms with Crippen molar-refractivity contribution >= 4 is 28.7 Å². The van der Waals surface area contributed by atoms with E-state index in [1.165, 1.54) is 11.1 Å². The summed E-state index contributed by atoms with van der Waals surface area (Å²) in [4.78, 5) is 16.3. The fourth-order valence-corrected chi connectivity index (χ4v) is 3.80. The van der Waals surface area contributed by atoms with Crippen LogP contribution in [0, 0.1) is 13.8 Å². The van der Waals surface area contributed by atoms with Gasteiger partial charge in [0.2, 0.25) is 5.91 Å². The van der Waals surface area contributed by atoms with Crippen molar-refractivity contribution in [3.63, 3.8) is 0 Å². The molecule has 0 spiro atoms. The average molecular weight is 421 g/mol. The van der Waals surface area contributed by atoms with Gasteiger partial charge in [-0.1, -0.05) is 59.7 Å². The van der Waals surface area contributed by atoms with Crippen molar-refractivity contribution in [3.05, 3.63) is 108 Å². The largest absolute Gasteiger partial charge is 0.345 e. The number of aryl methyl sites for hydroxylation is 2. The topological polar surface area (TPSA) is 23.6 Å². The van der Waals surface area contributed by atoms with Crippen LogP contribution in [-0.2, 0) is 4.79 Å². The Balaban J connectivity index is 1.55. The van der Waals surface area contributed by atoms with E-state index in [0.29, 0.717) is 0 Å². The predicted octanol–water partition coefficient (Wildman–Crippen LogP) is 7.42. The van der Waals surface area contributed by atoms with Crippen LogP contribution in [-0.4, -0.2) is 13.0 Å². The molecule has 3 nitrogen and oxygen atoms in total. The average Bonchev–Trinajstić information content (AvgIpc) is 2.81. The van der Waals surface area contributed by atoms with E-state index in [9.17, 15) is 4.79 Å². The molecule has 4 aromatic carbocycles. The van der Waals surface area contributed by atoms with Crippen molar-refractivity contribution < 1.29 is 4.79 Å². The Morgan fingerprint density at radius 3 is 1.22 bits per heavy atom. The first kappa shape index (κ1) is 21.4. The lowest BCUT2D eigenvalue weighted by atomic mass is 10.0. The maximum atomic E-state index is 12.3. The number of anilines is 4. The summed E-state index contributed by atoms with van der Waals surface area (Å²) >= 11 is 0. The smallest absolute Gasteiger partial charge is 0.228 e. The molecule has 32 heavy (non-hydrogen) atoms. The molecule has 1 amide bonds. The fraction of sp³-hybridized carbons (Fsp3) is 0.138. The highest BCUT2D eigenvalue weighted by atomic mass is 16.2. The molecule has 0 aliphatic heterocycles. The van der Waals surface area contributed by atoms with Crippen molar-refractivity contribution in [3.8, 4) is 11.1 Å². The predicted molar refractivity (Wildman–Crippen MR) is 135 cm³/mol. The molecular weight excluding hydrogens is 392 g/mol. The van der Waals surface area contributed by atoms with Crippen LogP contribution in [0.5, 0.6) is 0 Å². The van der Waals surface area contributed by atoms with E-state index in [-0.39, 0.29) is 5.91 Å². The molecule has 0 radical (unpaired) electrons. The van der Waals surface area contributed by atoms with Gasteiger partial charge in [0.1, 0.15) is 0 Å². The Hall–Kier alpha value is -3.85. The zero-order chi connectivity index (χ0) is 22.7. The number of carbonyl (C=O) groups excluding carboxylic acids is 1. The fourth-order valence-electron chi connectivity index (χ4n) is 3.80. The highest BCUT2D eigenvalue weighted by molar-refractivity contribution is 5.99. The van der Waals surface area contributed by atoms with Crippen LogP contribution >= 0.6 is 0 Å². The zero-order valence-electron chi connectivity index (χ0n) is 19.0. The van der Waals surface area contributed by atoms with Crippen molar-refractivity contribution in [1.29, 1.82) is 0 Å². The van der Waals surface area contributed by atoms with E-state index >= 15 is 0 Å². The van der Waals surface area contributed by atoms with E-state index in [1.54, 1.807) is 11.8 Å². The molecular formula is C29H28N2O. The second-order valence-electron chi connectivity index (χ2n) is 8.18. The van der Waals surface area contributed by atoms with E-state index in [1.807, 2.05) is 43.3 Å². The molecule has 0 atom stereocenters. The second-order valence-corrected chi connectivity index (χ2v) is 8.18. The number of hydrogen-bond donors (Lipinski definition) is 0. The van der Waals surface area contributed by atoms with Crippen LogP contribution in [0.2, 0.25) is 0 Å². The quantitative estimate of drug-likeness (QED) is 0.335. The van der Waals surface area contributed by atoms with E-state index in [0.717, 1.165) is 33.9 Å². The number of benzene rings is 4. The van der Waals surface area contributed by atoms with Gasteiger partial charge in [0.25, 0.3) is 0 Å². The van der Waals surface area contributed by atoms with Gasteiger partial charge < -0.3 is 4.90 Å². The molecule has 4 aromatic rings. The van der Waals surface area contributed by atoms with Crippen LogP contribution < -0.4 is 9.80 Å². The molecule has 0 N–H and O–H groups in total. The zero-order valence-corrected chi connectivity index (χ0v) is 19.0. The molecule has 0 aliphatic rings. The molecule has 0 aliphatic carbocycles.